The molecule has 52 valence electrons. The van der Waals surface area contributed by atoms with Crippen molar-refractivity contribution in [3.05, 3.63) is 0 Å². The van der Waals surface area contributed by atoms with E-state index in [1.54, 1.807) is 0 Å². The summed E-state index contributed by atoms with van der Waals surface area (Å²) in [5.74, 6) is 0.104. The van der Waals surface area contributed by atoms with Crippen molar-refractivity contribution in [1.82, 2.24) is 5.32 Å². The van der Waals surface area contributed by atoms with E-state index in [0.717, 1.165) is 6.42 Å². The molecular formula is C6H11NO2. The highest BCUT2D eigenvalue weighted by atomic mass is 16.3. The highest BCUT2D eigenvalue weighted by Gasteiger charge is 2.28. The Hall–Kier alpha value is -0.570. The molecule has 0 spiro atoms. The van der Waals surface area contributed by atoms with Crippen LogP contribution in [0, 0.1) is 5.92 Å². The Morgan fingerprint density at radius 3 is 2.78 bits per heavy atom. The quantitative estimate of drug-likeness (QED) is 0.517. The van der Waals surface area contributed by atoms with Crippen LogP contribution in [0.5, 0.6) is 0 Å². The predicted molar refractivity (Wildman–Crippen MR) is 32.5 cm³/mol. The first-order valence-corrected chi connectivity index (χ1v) is 3.21. The first kappa shape index (κ1) is 6.55. The number of hydrogen-bond acceptors (Lipinski definition) is 2. The van der Waals surface area contributed by atoms with Crippen LogP contribution in [0.15, 0.2) is 0 Å². The third-order valence-electron chi connectivity index (χ3n) is 1.73. The van der Waals surface area contributed by atoms with E-state index in [-0.39, 0.29) is 11.8 Å². The van der Waals surface area contributed by atoms with E-state index in [9.17, 15) is 4.79 Å². The maximum Gasteiger partial charge on any atom is 0.222 e. The smallest absolute Gasteiger partial charge is 0.222 e. The molecule has 3 nitrogen and oxygen atoms in total. The van der Waals surface area contributed by atoms with Gasteiger partial charge in [-0.2, -0.15) is 0 Å². The maximum atomic E-state index is 10.6. The van der Waals surface area contributed by atoms with Crippen LogP contribution in [0.3, 0.4) is 0 Å². The fraction of sp³-hybridized carbons (Fsp3) is 0.833. The molecule has 3 heteroatoms. The normalized spacial score (nSPS) is 34.7. The molecule has 1 heterocycles. The number of hydrogen-bond donors (Lipinski definition) is 2. The van der Waals surface area contributed by atoms with Crippen molar-refractivity contribution in [2.45, 2.75) is 26.0 Å². The van der Waals surface area contributed by atoms with Gasteiger partial charge in [-0.05, 0) is 6.42 Å². The summed E-state index contributed by atoms with van der Waals surface area (Å²) >= 11 is 0. The van der Waals surface area contributed by atoms with Crippen molar-refractivity contribution in [1.29, 1.82) is 0 Å². The highest BCUT2D eigenvalue weighted by molar-refractivity contribution is 5.78. The Kier molecular flexibility index (Phi) is 1.71. The second-order valence-corrected chi connectivity index (χ2v) is 2.38. The van der Waals surface area contributed by atoms with E-state index >= 15 is 0 Å². The van der Waals surface area contributed by atoms with Crippen LogP contribution < -0.4 is 5.32 Å². The molecule has 1 fully saturated rings. The summed E-state index contributed by atoms with van der Waals surface area (Å²) in [5, 5.41) is 11.5. The van der Waals surface area contributed by atoms with Crippen LogP contribution in [0.2, 0.25) is 0 Å². The number of nitrogens with one attached hydrogen (secondary N) is 1. The Bertz CT molecular complexity index is 124. The molecule has 0 radical (unpaired) electrons. The third-order valence-corrected chi connectivity index (χ3v) is 1.73. The number of carbonyl (C=O) groups is 1. The summed E-state index contributed by atoms with van der Waals surface area (Å²) < 4.78 is 0. The molecular weight excluding hydrogens is 118 g/mol. The molecule has 1 saturated heterocycles. The lowest BCUT2D eigenvalue weighted by Crippen LogP contribution is -2.27. The number of aliphatic hydroxyl groups excluding tert-OH is 1. The van der Waals surface area contributed by atoms with Gasteiger partial charge in [-0.15, -0.1) is 0 Å². The Balaban J connectivity index is 2.47. The molecule has 1 amide bonds. The Morgan fingerprint density at radius 2 is 2.56 bits per heavy atom. The minimum atomic E-state index is -0.595. The van der Waals surface area contributed by atoms with Gasteiger partial charge >= 0.3 is 0 Å². The largest absolute Gasteiger partial charge is 0.373 e. The average Bonchev–Trinajstić information content (AvgIpc) is 2.10. The van der Waals surface area contributed by atoms with Crippen molar-refractivity contribution >= 4 is 5.91 Å². The molecule has 0 aromatic heterocycles. The lowest BCUT2D eigenvalue weighted by Gasteiger charge is -2.08. The molecule has 0 saturated carbocycles. The maximum absolute atomic E-state index is 10.6. The van der Waals surface area contributed by atoms with Gasteiger partial charge in [-0.3, -0.25) is 4.79 Å². The second kappa shape index (κ2) is 2.35. The summed E-state index contributed by atoms with van der Waals surface area (Å²) in [6.07, 6.45) is 0.750. The van der Waals surface area contributed by atoms with Gasteiger partial charge in [0.2, 0.25) is 5.91 Å². The number of amides is 1. The molecule has 2 N–H and O–H groups in total. The van der Waals surface area contributed by atoms with Crippen LogP contribution in [0.4, 0.5) is 0 Å². The number of carbonyl (C=O) groups excluding carboxylic acids is 1. The number of rotatable bonds is 1. The van der Waals surface area contributed by atoms with E-state index in [4.69, 9.17) is 5.11 Å². The minimum Gasteiger partial charge on any atom is -0.373 e. The fourth-order valence-corrected chi connectivity index (χ4v) is 1.06. The van der Waals surface area contributed by atoms with Gasteiger partial charge in [0, 0.05) is 12.3 Å². The lowest BCUT2D eigenvalue weighted by atomic mass is 10.1. The zero-order valence-corrected chi connectivity index (χ0v) is 5.42. The molecule has 1 aliphatic rings. The Labute approximate surface area is 54.1 Å². The molecule has 0 aromatic carbocycles. The fourth-order valence-electron chi connectivity index (χ4n) is 1.06. The van der Waals surface area contributed by atoms with Gasteiger partial charge in [-0.1, -0.05) is 6.92 Å². The summed E-state index contributed by atoms with van der Waals surface area (Å²) in [4.78, 5) is 10.6. The van der Waals surface area contributed by atoms with Crippen LogP contribution in [0.25, 0.3) is 0 Å². The SMILES string of the molecule is CCC1CC(=O)NC1O. The van der Waals surface area contributed by atoms with E-state index in [0.29, 0.717) is 6.42 Å². The molecule has 2 unspecified atom stereocenters. The van der Waals surface area contributed by atoms with E-state index in [1.807, 2.05) is 6.92 Å². The zero-order valence-electron chi connectivity index (χ0n) is 5.42. The van der Waals surface area contributed by atoms with Gasteiger partial charge in [0.15, 0.2) is 0 Å². The van der Waals surface area contributed by atoms with Crippen molar-refractivity contribution in [2.24, 2.45) is 5.92 Å². The number of aliphatic hydroxyl groups is 1. The third kappa shape index (κ3) is 1.21. The van der Waals surface area contributed by atoms with Crippen molar-refractivity contribution in [2.75, 3.05) is 0 Å². The van der Waals surface area contributed by atoms with Gasteiger partial charge in [0.25, 0.3) is 0 Å². The molecule has 0 aliphatic carbocycles. The van der Waals surface area contributed by atoms with Crippen LogP contribution in [0.1, 0.15) is 19.8 Å². The van der Waals surface area contributed by atoms with Gasteiger partial charge in [0.1, 0.15) is 6.23 Å². The predicted octanol–water partition coefficient (Wildman–Crippen LogP) is -0.149. The van der Waals surface area contributed by atoms with E-state index in [1.165, 1.54) is 0 Å². The minimum absolute atomic E-state index is 0.0330. The molecule has 0 aromatic rings. The van der Waals surface area contributed by atoms with Crippen molar-refractivity contribution in [3.63, 3.8) is 0 Å². The first-order chi connectivity index (χ1) is 4.24. The van der Waals surface area contributed by atoms with E-state index < -0.39 is 6.23 Å². The van der Waals surface area contributed by atoms with Gasteiger partial charge in [-0.25, -0.2) is 0 Å². The van der Waals surface area contributed by atoms with Gasteiger partial charge < -0.3 is 10.4 Å². The van der Waals surface area contributed by atoms with Crippen LogP contribution in [-0.4, -0.2) is 17.2 Å². The average molecular weight is 129 g/mol. The summed E-state index contributed by atoms with van der Waals surface area (Å²) in [6.45, 7) is 1.97. The summed E-state index contributed by atoms with van der Waals surface area (Å²) in [5.41, 5.74) is 0. The molecule has 1 aliphatic heterocycles. The highest BCUT2D eigenvalue weighted by Crippen LogP contribution is 2.17. The topological polar surface area (TPSA) is 49.3 Å². The lowest BCUT2D eigenvalue weighted by molar-refractivity contribution is -0.120. The van der Waals surface area contributed by atoms with E-state index in [2.05, 4.69) is 5.32 Å². The van der Waals surface area contributed by atoms with Crippen molar-refractivity contribution in [3.8, 4) is 0 Å². The molecule has 1 rings (SSSR count). The van der Waals surface area contributed by atoms with Crippen molar-refractivity contribution < 1.29 is 9.90 Å². The second-order valence-electron chi connectivity index (χ2n) is 2.38. The molecule has 2 atom stereocenters. The monoisotopic (exact) mass is 129 g/mol. The first-order valence-electron chi connectivity index (χ1n) is 3.21. The summed E-state index contributed by atoms with van der Waals surface area (Å²) in [7, 11) is 0. The van der Waals surface area contributed by atoms with Crippen LogP contribution in [-0.2, 0) is 4.79 Å². The summed E-state index contributed by atoms with van der Waals surface area (Å²) in [6, 6.07) is 0. The standard InChI is InChI=1S/C6H11NO2/c1-2-4-3-5(8)7-6(4)9/h4,6,9H,2-3H2,1H3,(H,7,8). The molecule has 9 heavy (non-hydrogen) atoms. The van der Waals surface area contributed by atoms with Gasteiger partial charge in [0.05, 0.1) is 0 Å². The van der Waals surface area contributed by atoms with Crippen LogP contribution >= 0.6 is 0 Å². The zero-order chi connectivity index (χ0) is 6.85. The Morgan fingerprint density at radius 1 is 1.89 bits per heavy atom. The molecule has 0 bridgehead atoms.